The van der Waals surface area contributed by atoms with E-state index in [1.165, 1.54) is 12.1 Å². The molecule has 1 fully saturated rings. The largest absolute Gasteiger partial charge is 0.489 e. The molecule has 0 radical (unpaired) electrons. The number of rotatable bonds is 6. The van der Waals surface area contributed by atoms with E-state index in [2.05, 4.69) is 5.32 Å². The van der Waals surface area contributed by atoms with Gasteiger partial charge in [0.05, 0.1) is 12.6 Å². The molecule has 5 nitrogen and oxygen atoms in total. The Bertz CT molecular complexity index is 531. The number of carbonyl (C=O) groups is 1. The van der Waals surface area contributed by atoms with Gasteiger partial charge in [-0.05, 0) is 44.2 Å². The number of benzene rings is 1. The van der Waals surface area contributed by atoms with E-state index in [4.69, 9.17) is 4.74 Å². The van der Waals surface area contributed by atoms with Gasteiger partial charge in [-0.1, -0.05) is 13.0 Å². The molecule has 1 aromatic carbocycles. The molecule has 1 aromatic rings. The second-order valence-electron chi connectivity index (χ2n) is 6.36. The van der Waals surface area contributed by atoms with Crippen LogP contribution in [0.3, 0.4) is 0 Å². The minimum atomic E-state index is -0.340. The lowest BCUT2D eigenvalue weighted by molar-refractivity contribution is 0.0791. The molecule has 2 rings (SSSR count). The highest BCUT2D eigenvalue weighted by atomic mass is 19.1. The van der Waals surface area contributed by atoms with Crippen molar-refractivity contribution in [3.8, 4) is 5.75 Å². The standard InChI is InChI=1S/C18H27FN2O3/c1-3-16(24-17-6-4-5-15(19)11-17)12-20-18(23)21-9-7-14(8-10-21)13(2)22/h4-6,11,13-14,16,22H,3,7-10,12H2,1-2H3,(H,20,23). The number of nitrogens with zero attached hydrogens (tertiary/aromatic N) is 1. The lowest BCUT2D eigenvalue weighted by atomic mass is 9.92. The number of ether oxygens (including phenoxy) is 1. The molecule has 2 atom stereocenters. The Morgan fingerprint density at radius 1 is 1.46 bits per heavy atom. The summed E-state index contributed by atoms with van der Waals surface area (Å²) >= 11 is 0. The molecule has 0 bridgehead atoms. The van der Waals surface area contributed by atoms with Crippen LogP contribution in [0.5, 0.6) is 5.75 Å². The summed E-state index contributed by atoms with van der Waals surface area (Å²) in [4.78, 5) is 14.0. The van der Waals surface area contributed by atoms with Gasteiger partial charge in [0.2, 0.25) is 0 Å². The number of aliphatic hydroxyl groups is 1. The average Bonchev–Trinajstić information content (AvgIpc) is 2.58. The van der Waals surface area contributed by atoms with Crippen LogP contribution in [0.15, 0.2) is 24.3 Å². The van der Waals surface area contributed by atoms with Gasteiger partial charge < -0.3 is 20.1 Å². The summed E-state index contributed by atoms with van der Waals surface area (Å²) in [5, 5.41) is 12.5. The molecule has 1 saturated heterocycles. The summed E-state index contributed by atoms with van der Waals surface area (Å²) in [5.74, 6) is 0.398. The molecule has 0 aromatic heterocycles. The highest BCUT2D eigenvalue weighted by Crippen LogP contribution is 2.20. The Morgan fingerprint density at radius 2 is 2.17 bits per heavy atom. The van der Waals surface area contributed by atoms with E-state index in [0.29, 0.717) is 31.8 Å². The molecule has 0 aliphatic carbocycles. The third kappa shape index (κ3) is 5.37. The third-order valence-electron chi connectivity index (χ3n) is 4.54. The van der Waals surface area contributed by atoms with Gasteiger partial charge in [0, 0.05) is 19.2 Å². The molecular weight excluding hydrogens is 311 g/mol. The van der Waals surface area contributed by atoms with E-state index in [0.717, 1.165) is 12.8 Å². The van der Waals surface area contributed by atoms with Crippen molar-refractivity contribution in [3.05, 3.63) is 30.1 Å². The molecule has 24 heavy (non-hydrogen) atoms. The average molecular weight is 338 g/mol. The SMILES string of the molecule is CCC(CNC(=O)N1CCC(C(C)O)CC1)Oc1cccc(F)c1. The van der Waals surface area contributed by atoms with Gasteiger partial charge in [-0.2, -0.15) is 0 Å². The van der Waals surface area contributed by atoms with E-state index in [-0.39, 0.29) is 30.0 Å². The summed E-state index contributed by atoms with van der Waals surface area (Å²) in [6.07, 6.45) is 1.83. The number of nitrogens with one attached hydrogen (secondary N) is 1. The number of halogens is 1. The molecule has 1 aliphatic rings. The number of hydrogen-bond acceptors (Lipinski definition) is 3. The van der Waals surface area contributed by atoms with Crippen molar-refractivity contribution in [1.82, 2.24) is 10.2 Å². The van der Waals surface area contributed by atoms with Crippen LogP contribution in [0.25, 0.3) is 0 Å². The van der Waals surface area contributed by atoms with E-state index in [1.807, 2.05) is 6.92 Å². The number of urea groups is 1. The van der Waals surface area contributed by atoms with E-state index >= 15 is 0 Å². The van der Waals surface area contributed by atoms with Gasteiger partial charge in [0.15, 0.2) is 0 Å². The first kappa shape index (κ1) is 18.5. The second kappa shape index (κ2) is 8.87. The summed E-state index contributed by atoms with van der Waals surface area (Å²) in [6.45, 7) is 5.45. The third-order valence-corrected chi connectivity index (χ3v) is 4.54. The molecule has 2 unspecified atom stereocenters. The summed E-state index contributed by atoms with van der Waals surface area (Å²) in [7, 11) is 0. The zero-order valence-electron chi connectivity index (χ0n) is 14.4. The van der Waals surface area contributed by atoms with Crippen molar-refractivity contribution in [2.24, 2.45) is 5.92 Å². The number of hydrogen-bond donors (Lipinski definition) is 2. The minimum absolute atomic E-state index is 0.111. The zero-order valence-corrected chi connectivity index (χ0v) is 14.4. The van der Waals surface area contributed by atoms with Gasteiger partial charge in [-0.15, -0.1) is 0 Å². The fourth-order valence-electron chi connectivity index (χ4n) is 2.90. The minimum Gasteiger partial charge on any atom is -0.489 e. The highest BCUT2D eigenvalue weighted by molar-refractivity contribution is 5.74. The molecule has 2 amide bonds. The Labute approximate surface area is 142 Å². The van der Waals surface area contributed by atoms with E-state index in [9.17, 15) is 14.3 Å². The van der Waals surface area contributed by atoms with Crippen LogP contribution in [0.2, 0.25) is 0 Å². The van der Waals surface area contributed by atoms with Crippen LogP contribution in [0, 0.1) is 11.7 Å². The van der Waals surface area contributed by atoms with Crippen LogP contribution < -0.4 is 10.1 Å². The monoisotopic (exact) mass is 338 g/mol. The van der Waals surface area contributed by atoms with Gasteiger partial charge >= 0.3 is 6.03 Å². The number of piperidine rings is 1. The number of likely N-dealkylation sites (tertiary alicyclic amines) is 1. The topological polar surface area (TPSA) is 61.8 Å². The lowest BCUT2D eigenvalue weighted by Crippen LogP contribution is -2.47. The van der Waals surface area contributed by atoms with Crippen molar-refractivity contribution in [1.29, 1.82) is 0 Å². The molecule has 0 spiro atoms. The fraction of sp³-hybridized carbons (Fsp3) is 0.611. The summed E-state index contributed by atoms with van der Waals surface area (Å²) in [6, 6.07) is 5.90. The zero-order chi connectivity index (χ0) is 17.5. The van der Waals surface area contributed by atoms with Gasteiger partial charge in [0.1, 0.15) is 17.7 Å². The maximum Gasteiger partial charge on any atom is 0.317 e. The number of amides is 2. The molecular formula is C18H27FN2O3. The smallest absolute Gasteiger partial charge is 0.317 e. The van der Waals surface area contributed by atoms with Crippen molar-refractivity contribution < 1.29 is 19.0 Å². The number of aliphatic hydroxyl groups excluding tert-OH is 1. The van der Waals surface area contributed by atoms with Crippen LogP contribution >= 0.6 is 0 Å². The maximum absolute atomic E-state index is 13.2. The molecule has 1 heterocycles. The lowest BCUT2D eigenvalue weighted by Gasteiger charge is -2.33. The fourth-order valence-corrected chi connectivity index (χ4v) is 2.90. The van der Waals surface area contributed by atoms with Crippen molar-refractivity contribution in [2.75, 3.05) is 19.6 Å². The van der Waals surface area contributed by atoms with E-state index < -0.39 is 0 Å². The Kier molecular flexibility index (Phi) is 6.85. The van der Waals surface area contributed by atoms with Crippen LogP contribution in [0.1, 0.15) is 33.1 Å². The normalized spacial score (nSPS) is 18.1. The molecule has 2 N–H and O–H groups in total. The van der Waals surface area contributed by atoms with Crippen LogP contribution in [0.4, 0.5) is 9.18 Å². The van der Waals surface area contributed by atoms with Crippen molar-refractivity contribution in [3.63, 3.8) is 0 Å². The van der Waals surface area contributed by atoms with Crippen LogP contribution in [-0.2, 0) is 0 Å². The van der Waals surface area contributed by atoms with Gasteiger partial charge in [-0.25, -0.2) is 9.18 Å². The quantitative estimate of drug-likeness (QED) is 0.838. The second-order valence-corrected chi connectivity index (χ2v) is 6.36. The Morgan fingerprint density at radius 3 is 2.75 bits per heavy atom. The van der Waals surface area contributed by atoms with E-state index in [1.54, 1.807) is 24.0 Å². The summed E-state index contributed by atoms with van der Waals surface area (Å²) < 4.78 is 18.9. The number of carbonyl (C=O) groups excluding carboxylic acids is 1. The first-order valence-corrected chi connectivity index (χ1v) is 8.62. The Hall–Kier alpha value is -1.82. The van der Waals surface area contributed by atoms with Crippen molar-refractivity contribution in [2.45, 2.75) is 45.3 Å². The summed E-state index contributed by atoms with van der Waals surface area (Å²) in [5.41, 5.74) is 0. The van der Waals surface area contributed by atoms with Crippen molar-refractivity contribution >= 4 is 6.03 Å². The highest BCUT2D eigenvalue weighted by Gasteiger charge is 2.25. The molecule has 6 heteroatoms. The Balaban J connectivity index is 1.77. The van der Waals surface area contributed by atoms with Gasteiger partial charge in [0.25, 0.3) is 0 Å². The predicted octanol–water partition coefficient (Wildman–Crippen LogP) is 2.79. The van der Waals surface area contributed by atoms with Crippen LogP contribution in [-0.4, -0.2) is 47.9 Å². The molecule has 1 aliphatic heterocycles. The first-order chi connectivity index (χ1) is 11.5. The predicted molar refractivity (Wildman–Crippen MR) is 90.5 cm³/mol. The molecule has 0 saturated carbocycles. The van der Waals surface area contributed by atoms with Gasteiger partial charge in [-0.3, -0.25) is 0 Å². The maximum atomic E-state index is 13.2. The molecule has 134 valence electrons. The first-order valence-electron chi connectivity index (χ1n) is 8.62.